The molecule has 2 aromatic heterocycles. The van der Waals surface area contributed by atoms with Gasteiger partial charge in [0, 0.05) is 5.56 Å². The first-order valence-corrected chi connectivity index (χ1v) is 8.31. The fourth-order valence-electron chi connectivity index (χ4n) is 2.76. The van der Waals surface area contributed by atoms with Crippen LogP contribution >= 0.6 is 0 Å². The van der Waals surface area contributed by atoms with Crippen molar-refractivity contribution in [3.8, 4) is 11.4 Å². The molecule has 0 saturated heterocycles. The third-order valence-electron chi connectivity index (χ3n) is 4.21. The topological polar surface area (TPSA) is 91.9 Å². The third-order valence-corrected chi connectivity index (χ3v) is 4.21. The summed E-state index contributed by atoms with van der Waals surface area (Å²) in [4.78, 5) is 29.3. The Balaban J connectivity index is 1.67. The zero-order valence-corrected chi connectivity index (χ0v) is 14.7. The smallest absolute Gasteiger partial charge is 0.283 e. The number of ether oxygens (including phenoxy) is 1. The molecule has 0 N–H and O–H groups in total. The molecule has 0 aliphatic rings. The molecule has 9 heteroatoms. The van der Waals surface area contributed by atoms with Gasteiger partial charge in [-0.2, -0.15) is 4.68 Å². The first-order valence-electron chi connectivity index (χ1n) is 8.31. The molecule has 0 aliphatic heterocycles. The number of benzene rings is 2. The van der Waals surface area contributed by atoms with Crippen molar-refractivity contribution in [1.29, 1.82) is 0 Å². The molecule has 0 fully saturated rings. The standard InChI is InChI=1S/C19H14FN5O3/c1-28-15-7-5-12(6-8-15)16(26)10-24-11-21-18-17(19(24)27)22-23-25(18)14-4-2-3-13(20)9-14/h2-9,11H,10H2,1H3. The third kappa shape index (κ3) is 3.13. The van der Waals surface area contributed by atoms with Crippen LogP contribution < -0.4 is 10.3 Å². The zero-order valence-electron chi connectivity index (χ0n) is 14.7. The number of Topliss-reactive ketones (excluding diaryl/α,β-unsaturated/α-hetero) is 1. The summed E-state index contributed by atoms with van der Waals surface area (Å²) in [5.74, 6) is -0.0752. The predicted molar refractivity (Wildman–Crippen MR) is 98.2 cm³/mol. The number of ketones is 1. The van der Waals surface area contributed by atoms with Crippen LogP contribution in [0.5, 0.6) is 5.75 Å². The molecule has 0 aliphatic carbocycles. The van der Waals surface area contributed by atoms with E-state index in [9.17, 15) is 14.0 Å². The van der Waals surface area contributed by atoms with E-state index in [-0.39, 0.29) is 23.5 Å². The minimum atomic E-state index is -0.505. The molecule has 0 bridgehead atoms. The Morgan fingerprint density at radius 2 is 1.96 bits per heavy atom. The fraction of sp³-hybridized carbons (Fsp3) is 0.105. The van der Waals surface area contributed by atoms with Gasteiger partial charge in [-0.3, -0.25) is 14.2 Å². The maximum absolute atomic E-state index is 13.5. The van der Waals surface area contributed by atoms with Gasteiger partial charge in [0.05, 0.1) is 19.3 Å². The molecule has 0 unspecified atom stereocenters. The molecule has 140 valence electrons. The van der Waals surface area contributed by atoms with Crippen molar-refractivity contribution >= 4 is 16.9 Å². The number of nitrogens with zero attached hydrogens (tertiary/aromatic N) is 5. The summed E-state index contributed by atoms with van der Waals surface area (Å²) in [6.07, 6.45) is 1.26. The average Bonchev–Trinajstić information content (AvgIpc) is 3.15. The van der Waals surface area contributed by atoms with Gasteiger partial charge in [0.1, 0.15) is 17.9 Å². The fourth-order valence-corrected chi connectivity index (χ4v) is 2.76. The monoisotopic (exact) mass is 379 g/mol. The van der Waals surface area contributed by atoms with E-state index in [1.54, 1.807) is 30.3 Å². The maximum atomic E-state index is 13.5. The quantitative estimate of drug-likeness (QED) is 0.493. The van der Waals surface area contributed by atoms with E-state index in [2.05, 4.69) is 15.3 Å². The van der Waals surface area contributed by atoms with Gasteiger partial charge in [-0.25, -0.2) is 9.37 Å². The Labute approximate surface area is 157 Å². The van der Waals surface area contributed by atoms with Crippen LogP contribution in [0, 0.1) is 5.82 Å². The lowest BCUT2D eigenvalue weighted by Crippen LogP contribution is -2.25. The first kappa shape index (κ1) is 17.5. The summed E-state index contributed by atoms with van der Waals surface area (Å²) < 4.78 is 21.0. The van der Waals surface area contributed by atoms with Crippen LogP contribution in [0.15, 0.2) is 59.7 Å². The summed E-state index contributed by atoms with van der Waals surface area (Å²) in [7, 11) is 1.54. The van der Waals surface area contributed by atoms with Crippen molar-refractivity contribution in [3.63, 3.8) is 0 Å². The van der Waals surface area contributed by atoms with Crippen LogP contribution in [0.4, 0.5) is 4.39 Å². The first-order chi connectivity index (χ1) is 13.6. The van der Waals surface area contributed by atoms with Gasteiger partial charge in [0.2, 0.25) is 0 Å². The number of methoxy groups -OCH3 is 1. The molecule has 0 atom stereocenters. The molecule has 0 spiro atoms. The molecular formula is C19H14FN5O3. The molecule has 0 saturated carbocycles. The number of carbonyl (C=O) groups excluding carboxylic acids is 1. The molecule has 8 nitrogen and oxygen atoms in total. The Morgan fingerprint density at radius 3 is 2.68 bits per heavy atom. The van der Waals surface area contributed by atoms with E-state index in [1.807, 2.05) is 0 Å². The Hall–Kier alpha value is -3.88. The molecule has 4 rings (SSSR count). The van der Waals surface area contributed by atoms with Crippen LogP contribution in [0.2, 0.25) is 0 Å². The van der Waals surface area contributed by atoms with E-state index in [0.29, 0.717) is 17.0 Å². The summed E-state index contributed by atoms with van der Waals surface area (Å²) >= 11 is 0. The van der Waals surface area contributed by atoms with Crippen LogP contribution in [0.1, 0.15) is 10.4 Å². The highest BCUT2D eigenvalue weighted by atomic mass is 19.1. The van der Waals surface area contributed by atoms with E-state index in [4.69, 9.17) is 4.74 Å². The Bertz CT molecular complexity index is 1230. The largest absolute Gasteiger partial charge is 0.497 e. The predicted octanol–water partition coefficient (Wildman–Crippen LogP) is 2.01. The number of rotatable bonds is 5. The van der Waals surface area contributed by atoms with Crippen LogP contribution in [0.3, 0.4) is 0 Å². The summed E-state index contributed by atoms with van der Waals surface area (Å²) in [5.41, 5.74) is 0.505. The lowest BCUT2D eigenvalue weighted by molar-refractivity contribution is 0.0970. The van der Waals surface area contributed by atoms with E-state index >= 15 is 0 Å². The Kier molecular flexibility index (Phi) is 4.40. The van der Waals surface area contributed by atoms with Crippen molar-refractivity contribution in [1.82, 2.24) is 24.5 Å². The van der Waals surface area contributed by atoms with E-state index < -0.39 is 11.4 Å². The maximum Gasteiger partial charge on any atom is 0.283 e. The molecule has 28 heavy (non-hydrogen) atoms. The van der Waals surface area contributed by atoms with Crippen molar-refractivity contribution in [2.75, 3.05) is 7.11 Å². The number of carbonyl (C=O) groups is 1. The SMILES string of the molecule is COc1ccc(C(=O)Cn2cnc3c(nnn3-c3cccc(F)c3)c2=O)cc1. The van der Waals surface area contributed by atoms with Gasteiger partial charge in [0.15, 0.2) is 16.9 Å². The highest BCUT2D eigenvalue weighted by Crippen LogP contribution is 2.14. The molecule has 0 amide bonds. The lowest BCUT2D eigenvalue weighted by Gasteiger charge is -2.06. The molecule has 2 aromatic carbocycles. The highest BCUT2D eigenvalue weighted by Gasteiger charge is 2.15. The number of fused-ring (bicyclic) bond motifs is 1. The highest BCUT2D eigenvalue weighted by molar-refractivity contribution is 5.96. The van der Waals surface area contributed by atoms with Gasteiger partial charge in [0.25, 0.3) is 5.56 Å². The van der Waals surface area contributed by atoms with Crippen LogP contribution in [-0.2, 0) is 6.54 Å². The zero-order chi connectivity index (χ0) is 19.7. The van der Waals surface area contributed by atoms with Crippen molar-refractivity contribution < 1.29 is 13.9 Å². The second-order valence-corrected chi connectivity index (χ2v) is 5.98. The molecule has 4 aromatic rings. The van der Waals surface area contributed by atoms with Gasteiger partial charge in [-0.1, -0.05) is 11.3 Å². The van der Waals surface area contributed by atoms with Gasteiger partial charge in [-0.05, 0) is 42.5 Å². The summed E-state index contributed by atoms with van der Waals surface area (Å²) in [6, 6.07) is 12.3. The number of halogens is 1. The number of aromatic nitrogens is 5. The molecule has 0 radical (unpaired) electrons. The minimum Gasteiger partial charge on any atom is -0.497 e. The second-order valence-electron chi connectivity index (χ2n) is 5.98. The summed E-state index contributed by atoms with van der Waals surface area (Å²) in [6.45, 7) is -0.194. The van der Waals surface area contributed by atoms with Crippen LogP contribution in [-0.4, -0.2) is 37.4 Å². The number of hydrogen-bond acceptors (Lipinski definition) is 6. The Morgan fingerprint density at radius 1 is 1.18 bits per heavy atom. The van der Waals surface area contributed by atoms with Crippen molar-refractivity contribution in [3.05, 3.63) is 76.6 Å². The lowest BCUT2D eigenvalue weighted by atomic mass is 10.1. The van der Waals surface area contributed by atoms with Gasteiger partial charge >= 0.3 is 0 Å². The molecule has 2 heterocycles. The van der Waals surface area contributed by atoms with E-state index in [0.717, 1.165) is 0 Å². The van der Waals surface area contributed by atoms with Gasteiger partial charge in [-0.15, -0.1) is 5.10 Å². The molecular weight excluding hydrogens is 365 g/mol. The van der Waals surface area contributed by atoms with Crippen LogP contribution in [0.25, 0.3) is 16.9 Å². The average molecular weight is 379 g/mol. The normalized spacial score (nSPS) is 10.9. The van der Waals surface area contributed by atoms with Gasteiger partial charge < -0.3 is 4.74 Å². The number of hydrogen-bond donors (Lipinski definition) is 0. The summed E-state index contributed by atoms with van der Waals surface area (Å²) in [5, 5.41) is 7.74. The van der Waals surface area contributed by atoms with Crippen molar-refractivity contribution in [2.24, 2.45) is 0 Å². The van der Waals surface area contributed by atoms with Crippen molar-refractivity contribution in [2.45, 2.75) is 6.54 Å². The minimum absolute atomic E-state index is 0.00529. The second kappa shape index (κ2) is 7.03. The van der Waals surface area contributed by atoms with E-state index in [1.165, 1.54) is 40.9 Å².